The van der Waals surface area contributed by atoms with E-state index in [-0.39, 0.29) is 6.04 Å². The zero-order valence-corrected chi connectivity index (χ0v) is 11.6. The van der Waals surface area contributed by atoms with Gasteiger partial charge in [0.1, 0.15) is 0 Å². The third-order valence-corrected chi connectivity index (χ3v) is 3.46. The van der Waals surface area contributed by atoms with Crippen LogP contribution >= 0.6 is 11.6 Å². The fourth-order valence-electron chi connectivity index (χ4n) is 1.86. The molecule has 5 heteroatoms. The number of hydrogen-bond donors (Lipinski definition) is 1. The van der Waals surface area contributed by atoms with Crippen molar-refractivity contribution >= 4 is 11.6 Å². The molecule has 18 heavy (non-hydrogen) atoms. The highest BCUT2D eigenvalue weighted by Gasteiger charge is 2.12. The highest BCUT2D eigenvalue weighted by molar-refractivity contribution is 6.31. The summed E-state index contributed by atoms with van der Waals surface area (Å²) >= 11 is 6.20. The van der Waals surface area contributed by atoms with Gasteiger partial charge in [0.25, 0.3) is 0 Å². The summed E-state index contributed by atoms with van der Waals surface area (Å²) in [5.74, 6) is 0. The molecule has 0 bridgehead atoms. The van der Waals surface area contributed by atoms with Gasteiger partial charge in [-0.05, 0) is 26.0 Å². The van der Waals surface area contributed by atoms with Crippen molar-refractivity contribution in [3.8, 4) is 0 Å². The maximum absolute atomic E-state index is 6.20. The highest BCUT2D eigenvalue weighted by Crippen LogP contribution is 2.20. The topological polar surface area (TPSA) is 42.7 Å². The van der Waals surface area contributed by atoms with E-state index in [0.29, 0.717) is 6.54 Å². The molecule has 0 amide bonds. The number of aromatic nitrogens is 3. The quantitative estimate of drug-likeness (QED) is 0.923. The summed E-state index contributed by atoms with van der Waals surface area (Å²) in [5, 5.41) is 8.43. The third-order valence-electron chi connectivity index (χ3n) is 2.97. The Morgan fingerprint density at radius 1 is 1.44 bits per heavy atom. The molecule has 0 aliphatic heterocycles. The molecule has 0 aliphatic rings. The Labute approximate surface area is 112 Å². The van der Waals surface area contributed by atoms with E-state index in [4.69, 9.17) is 11.6 Å². The maximum Gasteiger partial charge on any atom is 0.0860 e. The molecular formula is C13H17ClN4. The van der Waals surface area contributed by atoms with Crippen LogP contribution in [-0.2, 0) is 13.6 Å². The minimum absolute atomic E-state index is 0.178. The number of rotatable bonds is 4. The second-order valence-electron chi connectivity index (χ2n) is 4.33. The first-order chi connectivity index (χ1) is 8.59. The number of nitrogens with one attached hydrogen (secondary N) is 1. The van der Waals surface area contributed by atoms with Crippen LogP contribution < -0.4 is 5.32 Å². The normalized spacial score (nSPS) is 12.7. The van der Waals surface area contributed by atoms with Gasteiger partial charge in [-0.15, -0.1) is 0 Å². The van der Waals surface area contributed by atoms with Gasteiger partial charge in [0.05, 0.1) is 22.1 Å². The first-order valence-corrected chi connectivity index (χ1v) is 6.29. The number of aryl methyl sites for hydroxylation is 2. The zero-order chi connectivity index (χ0) is 13.1. The molecule has 2 rings (SSSR count). The van der Waals surface area contributed by atoms with Crippen molar-refractivity contribution in [3.63, 3.8) is 0 Å². The van der Waals surface area contributed by atoms with Crippen molar-refractivity contribution in [1.29, 1.82) is 0 Å². The molecule has 4 nitrogen and oxygen atoms in total. The van der Waals surface area contributed by atoms with Crippen LogP contribution in [-0.4, -0.2) is 14.8 Å². The molecular weight excluding hydrogens is 248 g/mol. The smallest absolute Gasteiger partial charge is 0.0860 e. The van der Waals surface area contributed by atoms with Gasteiger partial charge >= 0.3 is 0 Å². The standard InChI is InChI=1S/C13H17ClN4/c1-9(11-6-4-5-7-15-11)16-8-12-13(14)10(2)17-18(12)3/h4-7,9,16H,8H2,1-3H3/t9-/m1/s1. The van der Waals surface area contributed by atoms with Crippen LogP contribution in [0.2, 0.25) is 5.02 Å². The molecule has 0 radical (unpaired) electrons. The second kappa shape index (κ2) is 5.50. The predicted octanol–water partition coefficient (Wildman–Crippen LogP) is 2.63. The summed E-state index contributed by atoms with van der Waals surface area (Å²) in [6.07, 6.45) is 1.80. The molecule has 1 N–H and O–H groups in total. The summed E-state index contributed by atoms with van der Waals surface area (Å²) in [6.45, 7) is 4.67. The van der Waals surface area contributed by atoms with E-state index in [1.807, 2.05) is 36.9 Å². The van der Waals surface area contributed by atoms with Crippen molar-refractivity contribution in [2.45, 2.75) is 26.4 Å². The van der Waals surface area contributed by atoms with E-state index in [2.05, 4.69) is 22.3 Å². The lowest BCUT2D eigenvalue weighted by atomic mass is 10.2. The monoisotopic (exact) mass is 264 g/mol. The summed E-state index contributed by atoms with van der Waals surface area (Å²) in [6, 6.07) is 6.09. The lowest BCUT2D eigenvalue weighted by molar-refractivity contribution is 0.538. The predicted molar refractivity (Wildman–Crippen MR) is 72.4 cm³/mol. The van der Waals surface area contributed by atoms with E-state index in [0.717, 1.165) is 22.1 Å². The Morgan fingerprint density at radius 3 is 2.78 bits per heavy atom. The van der Waals surface area contributed by atoms with Gasteiger partial charge < -0.3 is 5.32 Å². The van der Waals surface area contributed by atoms with Gasteiger partial charge in [-0.2, -0.15) is 5.10 Å². The van der Waals surface area contributed by atoms with Crippen LogP contribution in [0.1, 0.15) is 30.0 Å². The molecule has 0 aliphatic carbocycles. The molecule has 2 aromatic heterocycles. The fraction of sp³-hybridized carbons (Fsp3) is 0.385. The highest BCUT2D eigenvalue weighted by atomic mass is 35.5. The number of pyridine rings is 1. The fourth-order valence-corrected chi connectivity index (χ4v) is 2.09. The minimum atomic E-state index is 0.178. The Bertz CT molecular complexity index is 521. The Hall–Kier alpha value is -1.39. The van der Waals surface area contributed by atoms with E-state index < -0.39 is 0 Å². The molecule has 1 atom stereocenters. The molecule has 0 spiro atoms. The minimum Gasteiger partial charge on any atom is -0.303 e. The van der Waals surface area contributed by atoms with E-state index in [9.17, 15) is 0 Å². The summed E-state index contributed by atoms with van der Waals surface area (Å²) < 4.78 is 1.82. The van der Waals surface area contributed by atoms with Crippen molar-refractivity contribution < 1.29 is 0 Å². The van der Waals surface area contributed by atoms with Crippen LogP contribution in [0.15, 0.2) is 24.4 Å². The van der Waals surface area contributed by atoms with Crippen LogP contribution in [0.25, 0.3) is 0 Å². The summed E-state index contributed by atoms with van der Waals surface area (Å²) in [4.78, 5) is 4.32. The molecule has 0 fully saturated rings. The Kier molecular flexibility index (Phi) is 3.99. The average Bonchev–Trinajstić information content (AvgIpc) is 2.62. The Balaban J connectivity index is 2.04. The van der Waals surface area contributed by atoms with E-state index in [1.165, 1.54) is 0 Å². The molecule has 0 aromatic carbocycles. The van der Waals surface area contributed by atoms with Gasteiger partial charge in [0, 0.05) is 25.8 Å². The van der Waals surface area contributed by atoms with Crippen molar-refractivity contribution in [3.05, 3.63) is 46.5 Å². The van der Waals surface area contributed by atoms with E-state index in [1.54, 1.807) is 6.20 Å². The maximum atomic E-state index is 6.20. The SMILES string of the molecule is Cc1nn(C)c(CN[C@H](C)c2ccccn2)c1Cl. The second-order valence-corrected chi connectivity index (χ2v) is 4.70. The first kappa shape index (κ1) is 13.1. The molecule has 0 saturated carbocycles. The molecule has 96 valence electrons. The van der Waals surface area contributed by atoms with Crippen LogP contribution in [0.4, 0.5) is 0 Å². The van der Waals surface area contributed by atoms with E-state index >= 15 is 0 Å². The number of hydrogen-bond acceptors (Lipinski definition) is 3. The summed E-state index contributed by atoms with van der Waals surface area (Å²) in [5.41, 5.74) is 2.88. The number of halogens is 1. The first-order valence-electron chi connectivity index (χ1n) is 5.92. The van der Waals surface area contributed by atoms with Gasteiger partial charge in [0.15, 0.2) is 0 Å². The van der Waals surface area contributed by atoms with Crippen LogP contribution in [0.5, 0.6) is 0 Å². The lowest BCUT2D eigenvalue weighted by Gasteiger charge is -2.13. The average molecular weight is 265 g/mol. The van der Waals surface area contributed by atoms with Crippen LogP contribution in [0, 0.1) is 6.92 Å². The third kappa shape index (κ3) is 2.71. The van der Waals surface area contributed by atoms with Gasteiger partial charge in [-0.1, -0.05) is 17.7 Å². The van der Waals surface area contributed by atoms with Gasteiger partial charge in [0.2, 0.25) is 0 Å². The molecule has 0 unspecified atom stereocenters. The zero-order valence-electron chi connectivity index (χ0n) is 10.8. The molecule has 0 saturated heterocycles. The van der Waals surface area contributed by atoms with Crippen molar-refractivity contribution in [2.75, 3.05) is 0 Å². The summed E-state index contributed by atoms with van der Waals surface area (Å²) in [7, 11) is 1.90. The Morgan fingerprint density at radius 2 is 2.22 bits per heavy atom. The van der Waals surface area contributed by atoms with Crippen molar-refractivity contribution in [2.24, 2.45) is 7.05 Å². The molecule has 2 heterocycles. The number of nitrogens with zero attached hydrogens (tertiary/aromatic N) is 3. The van der Waals surface area contributed by atoms with Gasteiger partial charge in [-0.25, -0.2) is 0 Å². The van der Waals surface area contributed by atoms with Crippen LogP contribution in [0.3, 0.4) is 0 Å². The largest absolute Gasteiger partial charge is 0.303 e. The molecule has 2 aromatic rings. The van der Waals surface area contributed by atoms with Gasteiger partial charge in [-0.3, -0.25) is 9.67 Å². The van der Waals surface area contributed by atoms with Crippen molar-refractivity contribution in [1.82, 2.24) is 20.1 Å². The lowest BCUT2D eigenvalue weighted by Crippen LogP contribution is -2.20.